The molecular weight excluding hydrogens is 423 g/mol. The molecule has 0 aliphatic heterocycles. The molecule has 172 valence electrons. The van der Waals surface area contributed by atoms with E-state index in [1.807, 2.05) is 43.3 Å². The fraction of sp³-hybridized carbons (Fsp3) is 0.292. The number of halogens is 4. The summed E-state index contributed by atoms with van der Waals surface area (Å²) in [5.41, 5.74) is 3.30. The molecule has 0 saturated heterocycles. The van der Waals surface area contributed by atoms with Gasteiger partial charge in [-0.05, 0) is 54.8 Å². The second-order valence-corrected chi connectivity index (χ2v) is 7.06. The lowest BCUT2D eigenvalue weighted by atomic mass is 10.0. The highest BCUT2D eigenvalue weighted by Gasteiger charge is 2.20. The van der Waals surface area contributed by atoms with E-state index in [0.29, 0.717) is 0 Å². The van der Waals surface area contributed by atoms with Gasteiger partial charge in [0.15, 0.2) is 0 Å². The summed E-state index contributed by atoms with van der Waals surface area (Å²) in [6.45, 7) is 7.66. The first kappa shape index (κ1) is 25.2. The standard InChI is InChI=1S/C24H27O3.BF4/c1-4-14-25-22-10-6-19(7-11-22)21-16-18(3)27-24(17-21)20-8-12-23(13-9-20)26-15-5-2;2-1(3,4)5/h6-13,16-17H,4-5,14-15H2,1-3H3;/q+1;-1. The van der Waals surface area contributed by atoms with Crippen LogP contribution in [0.3, 0.4) is 0 Å². The lowest BCUT2D eigenvalue weighted by molar-refractivity contribution is 0.317. The zero-order valence-corrected chi connectivity index (χ0v) is 18.4. The highest BCUT2D eigenvalue weighted by Crippen LogP contribution is 2.30. The molecule has 3 rings (SSSR count). The van der Waals surface area contributed by atoms with Gasteiger partial charge in [0.25, 0.3) is 0 Å². The topological polar surface area (TPSA) is 29.8 Å². The molecule has 1 heterocycles. The second kappa shape index (κ2) is 12.1. The van der Waals surface area contributed by atoms with Crippen LogP contribution in [-0.2, 0) is 0 Å². The smallest absolute Gasteiger partial charge is 0.494 e. The molecule has 0 bridgehead atoms. The normalized spacial score (nSPS) is 10.8. The Hall–Kier alpha value is -3.03. The Morgan fingerprint density at radius 1 is 0.688 bits per heavy atom. The molecule has 2 aromatic carbocycles. The van der Waals surface area contributed by atoms with Crippen LogP contribution in [0.1, 0.15) is 32.4 Å². The fourth-order valence-corrected chi connectivity index (χ4v) is 2.84. The molecular formula is C24H27BF4O3. The molecule has 32 heavy (non-hydrogen) atoms. The van der Waals surface area contributed by atoms with Gasteiger partial charge in [0.2, 0.25) is 0 Å². The van der Waals surface area contributed by atoms with Crippen LogP contribution in [0.4, 0.5) is 17.3 Å². The third kappa shape index (κ3) is 9.00. The summed E-state index contributed by atoms with van der Waals surface area (Å²) < 4.78 is 56.3. The van der Waals surface area contributed by atoms with Gasteiger partial charge in [0.1, 0.15) is 11.5 Å². The van der Waals surface area contributed by atoms with Crippen LogP contribution in [0.25, 0.3) is 22.5 Å². The number of benzene rings is 2. The van der Waals surface area contributed by atoms with Crippen molar-refractivity contribution in [2.24, 2.45) is 0 Å². The van der Waals surface area contributed by atoms with Gasteiger partial charge in [-0.25, -0.2) is 4.42 Å². The molecule has 0 spiro atoms. The molecule has 0 N–H and O–H groups in total. The Bertz CT molecular complexity index is 883. The van der Waals surface area contributed by atoms with Crippen LogP contribution in [0.15, 0.2) is 65.1 Å². The maximum atomic E-state index is 9.75. The average Bonchev–Trinajstić information content (AvgIpc) is 2.75. The highest BCUT2D eigenvalue weighted by atomic mass is 19.5. The van der Waals surface area contributed by atoms with Gasteiger partial charge in [-0.15, -0.1) is 0 Å². The quantitative estimate of drug-likeness (QED) is 0.197. The van der Waals surface area contributed by atoms with E-state index in [-0.39, 0.29) is 0 Å². The van der Waals surface area contributed by atoms with E-state index in [9.17, 15) is 17.3 Å². The zero-order chi connectivity index (χ0) is 23.6. The maximum Gasteiger partial charge on any atom is 0.673 e. The summed E-state index contributed by atoms with van der Waals surface area (Å²) in [5.74, 6) is 3.51. The summed E-state index contributed by atoms with van der Waals surface area (Å²) in [4.78, 5) is 0. The minimum absolute atomic E-state index is 0.732. The van der Waals surface area contributed by atoms with Crippen molar-refractivity contribution in [3.05, 3.63) is 66.4 Å². The number of rotatable bonds is 8. The number of aryl methyl sites for hydroxylation is 1. The van der Waals surface area contributed by atoms with E-state index in [1.165, 1.54) is 0 Å². The largest absolute Gasteiger partial charge is 0.673 e. The maximum absolute atomic E-state index is 9.75. The van der Waals surface area contributed by atoms with E-state index in [2.05, 4.69) is 38.1 Å². The van der Waals surface area contributed by atoms with Crippen LogP contribution in [-0.4, -0.2) is 20.5 Å². The van der Waals surface area contributed by atoms with Gasteiger partial charge in [-0.2, -0.15) is 0 Å². The molecule has 3 aromatic rings. The Labute approximate surface area is 186 Å². The number of ether oxygens (including phenoxy) is 2. The van der Waals surface area contributed by atoms with Gasteiger partial charge in [-0.3, -0.25) is 0 Å². The lowest BCUT2D eigenvalue weighted by Gasteiger charge is -2.06. The van der Waals surface area contributed by atoms with Crippen LogP contribution in [0.2, 0.25) is 0 Å². The van der Waals surface area contributed by atoms with Crippen molar-refractivity contribution in [1.29, 1.82) is 0 Å². The first-order chi connectivity index (χ1) is 15.2. The van der Waals surface area contributed by atoms with Gasteiger partial charge in [0.05, 0.1) is 31.8 Å². The average molecular weight is 450 g/mol. The third-order valence-corrected chi connectivity index (χ3v) is 4.19. The molecule has 0 atom stereocenters. The van der Waals surface area contributed by atoms with Gasteiger partial charge >= 0.3 is 18.8 Å². The Kier molecular flexibility index (Phi) is 9.56. The predicted octanol–water partition coefficient (Wildman–Crippen LogP) is 8.08. The summed E-state index contributed by atoms with van der Waals surface area (Å²) in [6.07, 6.45) is 2.01. The van der Waals surface area contributed by atoms with Crippen molar-refractivity contribution in [3.63, 3.8) is 0 Å². The van der Waals surface area contributed by atoms with Crippen molar-refractivity contribution >= 4 is 7.25 Å². The Morgan fingerprint density at radius 2 is 1.12 bits per heavy atom. The van der Waals surface area contributed by atoms with E-state index in [0.717, 1.165) is 65.8 Å². The van der Waals surface area contributed by atoms with Crippen molar-refractivity contribution in [2.45, 2.75) is 33.6 Å². The molecule has 8 heteroatoms. The van der Waals surface area contributed by atoms with Crippen LogP contribution < -0.4 is 9.47 Å². The summed E-state index contributed by atoms with van der Waals surface area (Å²) in [6, 6.07) is 20.4. The third-order valence-electron chi connectivity index (χ3n) is 4.19. The Balaban J connectivity index is 0.000000654. The summed E-state index contributed by atoms with van der Waals surface area (Å²) in [7, 11) is -6.00. The molecule has 0 aliphatic rings. The summed E-state index contributed by atoms with van der Waals surface area (Å²) >= 11 is 0. The zero-order valence-electron chi connectivity index (χ0n) is 18.4. The van der Waals surface area contributed by atoms with Gasteiger partial charge in [0, 0.05) is 11.6 Å². The fourth-order valence-electron chi connectivity index (χ4n) is 2.84. The van der Waals surface area contributed by atoms with Crippen LogP contribution >= 0.6 is 0 Å². The highest BCUT2D eigenvalue weighted by molar-refractivity contribution is 6.50. The van der Waals surface area contributed by atoms with Crippen molar-refractivity contribution in [3.8, 4) is 33.9 Å². The molecule has 3 nitrogen and oxygen atoms in total. The molecule has 0 unspecified atom stereocenters. The minimum Gasteiger partial charge on any atom is -0.494 e. The van der Waals surface area contributed by atoms with Gasteiger partial charge < -0.3 is 26.7 Å². The van der Waals surface area contributed by atoms with E-state index in [4.69, 9.17) is 13.9 Å². The van der Waals surface area contributed by atoms with E-state index in [1.54, 1.807) is 0 Å². The van der Waals surface area contributed by atoms with Crippen molar-refractivity contribution in [2.75, 3.05) is 13.2 Å². The Morgan fingerprint density at radius 3 is 1.56 bits per heavy atom. The molecule has 0 fully saturated rings. The molecule has 0 aliphatic carbocycles. The lowest BCUT2D eigenvalue weighted by Crippen LogP contribution is -2.02. The number of hydrogen-bond acceptors (Lipinski definition) is 2. The van der Waals surface area contributed by atoms with E-state index < -0.39 is 7.25 Å². The van der Waals surface area contributed by atoms with E-state index >= 15 is 0 Å². The molecule has 1 aromatic heterocycles. The molecule has 0 saturated carbocycles. The van der Waals surface area contributed by atoms with Crippen molar-refractivity contribution in [1.82, 2.24) is 0 Å². The molecule has 0 radical (unpaired) electrons. The van der Waals surface area contributed by atoms with Crippen LogP contribution in [0, 0.1) is 6.92 Å². The van der Waals surface area contributed by atoms with Crippen molar-refractivity contribution < 1.29 is 31.2 Å². The SMILES string of the molecule is CCCOc1ccc(-c2cc(C)[o+]c(-c3ccc(OCCC)cc3)c2)cc1.F[B-](F)(F)F. The summed E-state index contributed by atoms with van der Waals surface area (Å²) in [5, 5.41) is 0. The predicted molar refractivity (Wildman–Crippen MR) is 120 cm³/mol. The van der Waals surface area contributed by atoms with Gasteiger partial charge in [-0.1, -0.05) is 26.0 Å². The second-order valence-electron chi connectivity index (χ2n) is 7.06. The monoisotopic (exact) mass is 450 g/mol. The first-order valence-corrected chi connectivity index (χ1v) is 10.5. The minimum atomic E-state index is -6.00. The number of hydrogen-bond donors (Lipinski definition) is 0. The van der Waals surface area contributed by atoms with Crippen LogP contribution in [0.5, 0.6) is 11.5 Å². The molecule has 0 amide bonds. The first-order valence-electron chi connectivity index (χ1n) is 10.5.